The Morgan fingerprint density at radius 3 is 2.81 bits per heavy atom. The molecule has 1 amide bonds. The highest BCUT2D eigenvalue weighted by Gasteiger charge is 2.45. The Morgan fingerprint density at radius 1 is 1.12 bits per heavy atom. The van der Waals surface area contributed by atoms with Gasteiger partial charge in [0, 0.05) is 24.6 Å². The number of hydrogen-bond donors (Lipinski definition) is 2. The van der Waals surface area contributed by atoms with Gasteiger partial charge in [-0.25, -0.2) is 4.98 Å². The van der Waals surface area contributed by atoms with Gasteiger partial charge in [0.1, 0.15) is 11.4 Å². The van der Waals surface area contributed by atoms with Crippen LogP contribution in [0.3, 0.4) is 0 Å². The van der Waals surface area contributed by atoms with Crippen LogP contribution in [-0.4, -0.2) is 45.2 Å². The zero-order valence-corrected chi connectivity index (χ0v) is 18.1. The van der Waals surface area contributed by atoms with Gasteiger partial charge in [-0.2, -0.15) is 0 Å². The highest BCUT2D eigenvalue weighted by Crippen LogP contribution is 2.35. The van der Waals surface area contributed by atoms with Crippen LogP contribution in [0.4, 0.5) is 11.5 Å². The van der Waals surface area contributed by atoms with Crippen molar-refractivity contribution >= 4 is 23.2 Å². The lowest BCUT2D eigenvalue weighted by atomic mass is 9.85. The van der Waals surface area contributed by atoms with E-state index in [9.17, 15) is 4.79 Å². The second-order valence-electron chi connectivity index (χ2n) is 8.40. The zero-order valence-electron chi connectivity index (χ0n) is 18.1. The Kier molecular flexibility index (Phi) is 5.31. The second-order valence-corrected chi connectivity index (χ2v) is 8.40. The van der Waals surface area contributed by atoms with Crippen LogP contribution in [0.25, 0.3) is 0 Å². The number of pyridine rings is 2. The molecule has 7 heteroatoms. The van der Waals surface area contributed by atoms with Crippen molar-refractivity contribution in [3.05, 3.63) is 83.8 Å². The van der Waals surface area contributed by atoms with Crippen LogP contribution in [0.2, 0.25) is 0 Å². The van der Waals surface area contributed by atoms with E-state index in [0.29, 0.717) is 25.2 Å². The number of benzene rings is 1. The minimum Gasteiger partial charge on any atom is -0.368 e. The number of fused-ring (bicyclic) bond motifs is 1. The Bertz CT molecular complexity index is 1140. The van der Waals surface area contributed by atoms with Crippen LogP contribution >= 0.6 is 0 Å². The Labute approximate surface area is 187 Å². The molecule has 2 N–H and O–H groups in total. The molecule has 2 aromatic heterocycles. The number of amides is 1. The summed E-state index contributed by atoms with van der Waals surface area (Å²) in [5.41, 5.74) is 3.09. The van der Waals surface area contributed by atoms with Gasteiger partial charge >= 0.3 is 0 Å². The zero-order chi connectivity index (χ0) is 22.0. The van der Waals surface area contributed by atoms with Crippen molar-refractivity contribution in [1.29, 1.82) is 0 Å². The van der Waals surface area contributed by atoms with E-state index in [1.807, 2.05) is 54.3 Å². The maximum atomic E-state index is 13.3. The average molecular weight is 427 g/mol. The van der Waals surface area contributed by atoms with E-state index in [1.54, 1.807) is 12.4 Å². The van der Waals surface area contributed by atoms with Gasteiger partial charge in [0.05, 0.1) is 24.3 Å². The number of nitrogens with zero attached hydrogens (tertiary/aromatic N) is 4. The van der Waals surface area contributed by atoms with Crippen molar-refractivity contribution in [3.63, 3.8) is 0 Å². The molecule has 0 unspecified atom stereocenters. The largest absolute Gasteiger partial charge is 0.368 e. The van der Waals surface area contributed by atoms with E-state index in [-0.39, 0.29) is 5.91 Å². The highest BCUT2D eigenvalue weighted by molar-refractivity contribution is 6.09. The fraction of sp³-hybridized carbons (Fsp3) is 0.280. The molecule has 1 saturated heterocycles. The molecule has 1 atom stereocenters. The molecule has 7 nitrogen and oxygen atoms in total. The van der Waals surface area contributed by atoms with Crippen molar-refractivity contribution in [2.24, 2.45) is 4.99 Å². The van der Waals surface area contributed by atoms with E-state index >= 15 is 0 Å². The standard InChI is InChI=1S/C25H26N6O/c1-18-10-11-20(16-27-18)23(32)31-14-6-12-25(17-31)24(28-15-19-7-3-2-4-8-19)29-22-21(30-25)9-5-13-26-22/h2-5,7-11,13,16,30H,6,12,14-15,17H2,1H3,(H,26,28,29)/t25-/m1/s1. The van der Waals surface area contributed by atoms with Crippen LogP contribution in [0.1, 0.15) is 34.5 Å². The molecular formula is C25H26N6O. The molecule has 2 aliphatic heterocycles. The molecule has 1 spiro atoms. The van der Waals surface area contributed by atoms with E-state index in [4.69, 9.17) is 4.99 Å². The van der Waals surface area contributed by atoms with Crippen molar-refractivity contribution in [3.8, 4) is 0 Å². The molecule has 32 heavy (non-hydrogen) atoms. The predicted molar refractivity (Wildman–Crippen MR) is 126 cm³/mol. The van der Waals surface area contributed by atoms with Gasteiger partial charge in [0.2, 0.25) is 0 Å². The number of amidine groups is 1. The molecule has 0 bridgehead atoms. The third-order valence-corrected chi connectivity index (χ3v) is 6.07. The van der Waals surface area contributed by atoms with Crippen LogP contribution in [0.5, 0.6) is 0 Å². The van der Waals surface area contributed by atoms with Gasteiger partial charge in [-0.15, -0.1) is 0 Å². The van der Waals surface area contributed by atoms with Crippen molar-refractivity contribution in [2.75, 3.05) is 23.7 Å². The van der Waals surface area contributed by atoms with E-state index in [0.717, 1.165) is 41.4 Å². The van der Waals surface area contributed by atoms with Crippen molar-refractivity contribution < 1.29 is 4.79 Å². The quantitative estimate of drug-likeness (QED) is 0.664. The number of hydrogen-bond acceptors (Lipinski definition) is 5. The van der Waals surface area contributed by atoms with Crippen molar-refractivity contribution in [1.82, 2.24) is 14.9 Å². The third kappa shape index (κ3) is 3.93. The number of rotatable bonds is 3. The summed E-state index contributed by atoms with van der Waals surface area (Å²) in [6.07, 6.45) is 5.17. The summed E-state index contributed by atoms with van der Waals surface area (Å²) in [7, 11) is 0. The number of aryl methyl sites for hydroxylation is 1. The summed E-state index contributed by atoms with van der Waals surface area (Å²) in [6.45, 7) is 3.71. The number of anilines is 2. The van der Waals surface area contributed by atoms with Crippen molar-refractivity contribution in [2.45, 2.75) is 31.8 Å². The average Bonchev–Trinajstić information content (AvgIpc) is 2.83. The number of carbonyl (C=O) groups excluding carboxylic acids is 1. The van der Waals surface area contributed by atoms with Crippen LogP contribution < -0.4 is 10.6 Å². The highest BCUT2D eigenvalue weighted by atomic mass is 16.2. The molecule has 2 aliphatic rings. The molecule has 0 aliphatic carbocycles. The van der Waals surface area contributed by atoms with Gasteiger partial charge in [-0.3, -0.25) is 14.8 Å². The van der Waals surface area contributed by atoms with Gasteiger partial charge in [-0.1, -0.05) is 30.3 Å². The van der Waals surface area contributed by atoms with Crippen LogP contribution in [0.15, 0.2) is 72.0 Å². The molecule has 0 saturated carbocycles. The summed E-state index contributed by atoms with van der Waals surface area (Å²) in [5.74, 6) is 1.58. The number of piperidine rings is 1. The van der Waals surface area contributed by atoms with Crippen LogP contribution in [-0.2, 0) is 6.54 Å². The molecular weight excluding hydrogens is 400 g/mol. The first-order valence-corrected chi connectivity index (χ1v) is 10.9. The van der Waals surface area contributed by atoms with Crippen LogP contribution in [0, 0.1) is 6.92 Å². The third-order valence-electron chi connectivity index (χ3n) is 6.07. The van der Waals surface area contributed by atoms with E-state index in [2.05, 4.69) is 32.7 Å². The lowest BCUT2D eigenvalue weighted by molar-refractivity contribution is 0.0694. The molecule has 0 radical (unpaired) electrons. The van der Waals surface area contributed by atoms with E-state index < -0.39 is 5.54 Å². The first-order chi connectivity index (χ1) is 15.6. The summed E-state index contributed by atoms with van der Waals surface area (Å²) < 4.78 is 0. The summed E-state index contributed by atoms with van der Waals surface area (Å²) in [4.78, 5) is 28.9. The normalized spacial score (nSPS) is 21.0. The second kappa shape index (κ2) is 8.42. The molecule has 162 valence electrons. The Balaban J connectivity index is 1.47. The number of carbonyl (C=O) groups is 1. The fourth-order valence-corrected chi connectivity index (χ4v) is 4.40. The fourth-order valence-electron chi connectivity index (χ4n) is 4.40. The molecule has 5 rings (SSSR count). The lowest BCUT2D eigenvalue weighted by Gasteiger charge is -2.47. The van der Waals surface area contributed by atoms with Gasteiger partial charge < -0.3 is 15.5 Å². The number of nitrogens with one attached hydrogen (secondary N) is 2. The minimum atomic E-state index is -0.489. The molecule has 3 aromatic rings. The monoisotopic (exact) mass is 426 g/mol. The smallest absolute Gasteiger partial charge is 0.255 e. The lowest BCUT2D eigenvalue weighted by Crippen LogP contribution is -2.62. The predicted octanol–water partition coefficient (Wildman–Crippen LogP) is 3.90. The molecule has 1 aromatic carbocycles. The summed E-state index contributed by atoms with van der Waals surface area (Å²) in [6, 6.07) is 17.8. The van der Waals surface area contributed by atoms with Gasteiger partial charge in [0.15, 0.2) is 5.82 Å². The Morgan fingerprint density at radius 2 is 2.00 bits per heavy atom. The van der Waals surface area contributed by atoms with Gasteiger partial charge in [0.25, 0.3) is 5.91 Å². The summed E-state index contributed by atoms with van der Waals surface area (Å²) >= 11 is 0. The SMILES string of the molecule is Cc1ccc(C(=O)N2CCC[C@]3(C2)Nc2cccnc2NC3=NCc2ccccc2)cn1. The molecule has 1 fully saturated rings. The maximum Gasteiger partial charge on any atom is 0.255 e. The number of aromatic nitrogens is 2. The molecule has 4 heterocycles. The number of likely N-dealkylation sites (tertiary alicyclic amines) is 1. The van der Waals surface area contributed by atoms with Gasteiger partial charge in [-0.05, 0) is 49.6 Å². The number of aliphatic imine (C=N–C) groups is 1. The topological polar surface area (TPSA) is 82.5 Å². The summed E-state index contributed by atoms with van der Waals surface area (Å²) in [5, 5.41) is 7.14. The first-order valence-electron chi connectivity index (χ1n) is 10.9. The van der Waals surface area contributed by atoms with E-state index in [1.165, 1.54) is 0 Å². The Hall–Kier alpha value is -3.74. The minimum absolute atomic E-state index is 0.00207. The first kappa shape index (κ1) is 20.2. The maximum absolute atomic E-state index is 13.3.